The van der Waals surface area contributed by atoms with Crippen molar-refractivity contribution < 1.29 is 4.79 Å². The van der Waals surface area contributed by atoms with Crippen LogP contribution < -0.4 is 0 Å². The van der Waals surface area contributed by atoms with Crippen molar-refractivity contribution in [2.75, 3.05) is 13.1 Å². The Morgan fingerprint density at radius 2 is 1.83 bits per heavy atom. The van der Waals surface area contributed by atoms with E-state index in [4.69, 9.17) is 0 Å². The summed E-state index contributed by atoms with van der Waals surface area (Å²) < 4.78 is 0. The molecule has 0 spiro atoms. The van der Waals surface area contributed by atoms with E-state index in [1.807, 2.05) is 47.5 Å². The normalized spacial score (nSPS) is 15.0. The van der Waals surface area contributed by atoms with Crippen molar-refractivity contribution in [1.82, 2.24) is 9.88 Å². The van der Waals surface area contributed by atoms with Crippen molar-refractivity contribution >= 4 is 5.91 Å². The van der Waals surface area contributed by atoms with Gasteiger partial charge in [-0.15, -0.1) is 0 Å². The van der Waals surface area contributed by atoms with Crippen molar-refractivity contribution in [3.05, 3.63) is 48.2 Å². The monoisotopic (exact) mass is 240 g/mol. The fraction of sp³-hybridized carbons (Fsp3) is 0.267. The zero-order valence-corrected chi connectivity index (χ0v) is 10.2. The summed E-state index contributed by atoms with van der Waals surface area (Å²) >= 11 is 0. The number of hydrogen-bond donors (Lipinski definition) is 1. The summed E-state index contributed by atoms with van der Waals surface area (Å²) in [6.45, 7) is 1.77. The number of carbonyl (C=O) groups is 1. The van der Waals surface area contributed by atoms with Gasteiger partial charge < -0.3 is 9.88 Å². The molecule has 0 aliphatic carbocycles. The van der Waals surface area contributed by atoms with E-state index in [0.29, 0.717) is 0 Å². The lowest BCUT2D eigenvalue weighted by atomic mass is 10.0. The molecule has 1 N–H and O–H groups in total. The second-order valence-electron chi connectivity index (χ2n) is 4.63. The number of hydrogen-bond acceptors (Lipinski definition) is 1. The Kier molecular flexibility index (Phi) is 2.89. The maximum absolute atomic E-state index is 12.5. The molecule has 1 saturated heterocycles. The lowest BCUT2D eigenvalue weighted by molar-refractivity contribution is 0.0793. The van der Waals surface area contributed by atoms with E-state index in [1.165, 1.54) is 0 Å². The number of amides is 1. The topological polar surface area (TPSA) is 36.1 Å². The summed E-state index contributed by atoms with van der Waals surface area (Å²) in [5, 5.41) is 0. The maximum atomic E-state index is 12.5. The lowest BCUT2D eigenvalue weighted by Gasteiger charge is -2.17. The molecule has 92 valence electrons. The van der Waals surface area contributed by atoms with Gasteiger partial charge in [0.2, 0.25) is 0 Å². The van der Waals surface area contributed by atoms with Crippen LogP contribution in [0.3, 0.4) is 0 Å². The SMILES string of the molecule is O=C(c1ccccc1-c1ccc[nH]1)N1CCCC1. The summed E-state index contributed by atoms with van der Waals surface area (Å²) in [5.41, 5.74) is 2.78. The number of aromatic amines is 1. The van der Waals surface area contributed by atoms with Gasteiger partial charge in [0.25, 0.3) is 5.91 Å². The van der Waals surface area contributed by atoms with Crippen molar-refractivity contribution in [2.24, 2.45) is 0 Å². The number of nitrogens with zero attached hydrogens (tertiary/aromatic N) is 1. The van der Waals surface area contributed by atoms with Gasteiger partial charge in [-0.05, 0) is 31.0 Å². The minimum Gasteiger partial charge on any atom is -0.361 e. The van der Waals surface area contributed by atoms with Crippen LogP contribution >= 0.6 is 0 Å². The lowest BCUT2D eigenvalue weighted by Crippen LogP contribution is -2.28. The van der Waals surface area contributed by atoms with Crippen LogP contribution in [0.2, 0.25) is 0 Å². The quantitative estimate of drug-likeness (QED) is 0.860. The molecule has 1 amide bonds. The highest BCUT2D eigenvalue weighted by molar-refractivity contribution is 6.00. The molecule has 2 aromatic rings. The summed E-state index contributed by atoms with van der Waals surface area (Å²) in [5.74, 6) is 0.151. The van der Waals surface area contributed by atoms with Gasteiger partial charge >= 0.3 is 0 Å². The Morgan fingerprint density at radius 1 is 1.06 bits per heavy atom. The largest absolute Gasteiger partial charge is 0.361 e. The van der Waals surface area contributed by atoms with Gasteiger partial charge in [-0.25, -0.2) is 0 Å². The molecule has 1 aliphatic rings. The Bertz CT molecular complexity index is 539. The second kappa shape index (κ2) is 4.69. The molecule has 3 heteroatoms. The fourth-order valence-corrected chi connectivity index (χ4v) is 2.49. The number of rotatable bonds is 2. The average Bonchev–Trinajstić information content (AvgIpc) is 3.11. The van der Waals surface area contributed by atoms with Crippen LogP contribution in [-0.4, -0.2) is 28.9 Å². The first kappa shape index (κ1) is 11.1. The van der Waals surface area contributed by atoms with E-state index in [0.717, 1.165) is 42.8 Å². The highest BCUT2D eigenvalue weighted by Crippen LogP contribution is 2.24. The van der Waals surface area contributed by atoms with E-state index in [2.05, 4.69) is 4.98 Å². The zero-order valence-electron chi connectivity index (χ0n) is 10.2. The molecular formula is C15H16N2O. The van der Waals surface area contributed by atoms with Crippen LogP contribution in [0.15, 0.2) is 42.6 Å². The van der Waals surface area contributed by atoms with Crippen LogP contribution in [0.1, 0.15) is 23.2 Å². The molecule has 3 rings (SSSR count). The number of nitrogens with one attached hydrogen (secondary N) is 1. The van der Waals surface area contributed by atoms with Crippen molar-refractivity contribution in [3.8, 4) is 11.3 Å². The first-order valence-electron chi connectivity index (χ1n) is 6.38. The van der Waals surface area contributed by atoms with Gasteiger partial charge in [-0.1, -0.05) is 18.2 Å². The van der Waals surface area contributed by atoms with Gasteiger partial charge in [0, 0.05) is 36.1 Å². The Morgan fingerprint density at radius 3 is 2.56 bits per heavy atom. The standard InChI is InChI=1S/C15H16N2O/c18-15(17-10-3-4-11-17)13-7-2-1-6-12(13)14-8-5-9-16-14/h1-2,5-9,16H,3-4,10-11H2. The van der Waals surface area contributed by atoms with Gasteiger partial charge in [0.05, 0.1) is 0 Å². The number of carbonyl (C=O) groups excluding carboxylic acids is 1. The van der Waals surface area contributed by atoms with Gasteiger partial charge in [-0.3, -0.25) is 4.79 Å². The van der Waals surface area contributed by atoms with Crippen LogP contribution in [-0.2, 0) is 0 Å². The molecule has 18 heavy (non-hydrogen) atoms. The van der Waals surface area contributed by atoms with Gasteiger partial charge in [0.15, 0.2) is 0 Å². The first-order valence-corrected chi connectivity index (χ1v) is 6.38. The summed E-state index contributed by atoms with van der Waals surface area (Å²) in [4.78, 5) is 17.6. The summed E-state index contributed by atoms with van der Waals surface area (Å²) in [6, 6.07) is 11.8. The summed E-state index contributed by atoms with van der Waals surface area (Å²) in [6.07, 6.45) is 4.12. The first-order chi connectivity index (χ1) is 8.86. The fourth-order valence-electron chi connectivity index (χ4n) is 2.49. The highest BCUT2D eigenvalue weighted by atomic mass is 16.2. The third kappa shape index (κ3) is 1.92. The molecule has 0 saturated carbocycles. The minimum absolute atomic E-state index is 0.151. The number of aromatic nitrogens is 1. The number of benzene rings is 1. The third-order valence-corrected chi connectivity index (χ3v) is 3.44. The predicted octanol–water partition coefficient (Wildman–Crippen LogP) is 2.92. The summed E-state index contributed by atoms with van der Waals surface area (Å²) in [7, 11) is 0. The second-order valence-corrected chi connectivity index (χ2v) is 4.63. The van der Waals surface area contributed by atoms with Gasteiger partial charge in [-0.2, -0.15) is 0 Å². The average molecular weight is 240 g/mol. The molecule has 0 radical (unpaired) electrons. The van der Waals surface area contributed by atoms with Crippen LogP contribution in [0.25, 0.3) is 11.3 Å². The number of likely N-dealkylation sites (tertiary alicyclic amines) is 1. The molecule has 1 aromatic carbocycles. The molecule has 3 nitrogen and oxygen atoms in total. The molecule has 1 fully saturated rings. The Balaban J connectivity index is 1.99. The van der Waals surface area contributed by atoms with E-state index in [-0.39, 0.29) is 5.91 Å². The molecule has 0 unspecified atom stereocenters. The third-order valence-electron chi connectivity index (χ3n) is 3.44. The molecule has 2 heterocycles. The maximum Gasteiger partial charge on any atom is 0.254 e. The van der Waals surface area contributed by atoms with E-state index in [9.17, 15) is 4.79 Å². The van der Waals surface area contributed by atoms with Gasteiger partial charge in [0.1, 0.15) is 0 Å². The van der Waals surface area contributed by atoms with Crippen LogP contribution in [0.5, 0.6) is 0 Å². The van der Waals surface area contributed by atoms with Crippen molar-refractivity contribution in [1.29, 1.82) is 0 Å². The smallest absolute Gasteiger partial charge is 0.254 e. The molecular weight excluding hydrogens is 224 g/mol. The van der Waals surface area contributed by atoms with Crippen LogP contribution in [0, 0.1) is 0 Å². The molecule has 1 aromatic heterocycles. The molecule has 0 atom stereocenters. The molecule has 0 bridgehead atoms. The van der Waals surface area contributed by atoms with Crippen molar-refractivity contribution in [2.45, 2.75) is 12.8 Å². The minimum atomic E-state index is 0.151. The van der Waals surface area contributed by atoms with Crippen molar-refractivity contribution in [3.63, 3.8) is 0 Å². The molecule has 1 aliphatic heterocycles. The number of H-pyrrole nitrogens is 1. The predicted molar refractivity (Wildman–Crippen MR) is 71.4 cm³/mol. The zero-order chi connectivity index (χ0) is 12.4. The highest BCUT2D eigenvalue weighted by Gasteiger charge is 2.21. The van der Waals surface area contributed by atoms with E-state index < -0.39 is 0 Å². The Hall–Kier alpha value is -2.03. The van der Waals surface area contributed by atoms with E-state index >= 15 is 0 Å². The van der Waals surface area contributed by atoms with E-state index in [1.54, 1.807) is 0 Å². The Labute approximate surface area is 106 Å². The van der Waals surface area contributed by atoms with Crippen LogP contribution in [0.4, 0.5) is 0 Å².